The Morgan fingerprint density at radius 1 is 0.844 bits per heavy atom. The molecule has 0 unspecified atom stereocenters. The van der Waals surface area contributed by atoms with Crippen molar-refractivity contribution in [1.29, 1.82) is 0 Å². The van der Waals surface area contributed by atoms with Crippen LogP contribution in [-0.2, 0) is 0 Å². The monoisotopic (exact) mass is 436 g/mol. The molecule has 0 atom stereocenters. The van der Waals surface area contributed by atoms with E-state index in [1.165, 1.54) is 18.2 Å². The number of ether oxygens (including phenoxy) is 1. The van der Waals surface area contributed by atoms with Gasteiger partial charge in [0.15, 0.2) is 11.6 Å². The largest absolute Gasteiger partial charge is 0.486 e. The molecule has 0 heterocycles. The van der Waals surface area contributed by atoms with Gasteiger partial charge < -0.3 is 4.74 Å². The summed E-state index contributed by atoms with van der Waals surface area (Å²) < 4.78 is 48.9. The van der Waals surface area contributed by atoms with Gasteiger partial charge in [0.05, 0.1) is 0 Å². The predicted molar refractivity (Wildman–Crippen MR) is 123 cm³/mol. The first-order valence-corrected chi connectivity index (χ1v) is 11.1. The Morgan fingerprint density at radius 3 is 2.16 bits per heavy atom. The maximum Gasteiger partial charge on any atom is 0.201 e. The molecule has 0 aromatic heterocycles. The summed E-state index contributed by atoms with van der Waals surface area (Å²) in [7, 11) is 0. The Hall–Kier alpha value is -3.01. The quantitative estimate of drug-likeness (QED) is 0.353. The number of benzene rings is 3. The molecule has 0 saturated heterocycles. The highest BCUT2D eigenvalue weighted by molar-refractivity contribution is 5.71. The Morgan fingerprint density at radius 2 is 1.50 bits per heavy atom. The lowest BCUT2D eigenvalue weighted by atomic mass is 9.79. The van der Waals surface area contributed by atoms with Crippen molar-refractivity contribution in [3.63, 3.8) is 0 Å². The minimum Gasteiger partial charge on any atom is -0.486 e. The van der Waals surface area contributed by atoms with E-state index in [0.717, 1.165) is 48.3 Å². The molecule has 4 rings (SSSR count). The molecule has 3 aromatic rings. The molecule has 0 N–H and O–H groups in total. The topological polar surface area (TPSA) is 9.23 Å². The summed E-state index contributed by atoms with van der Waals surface area (Å²) in [6.07, 6.45) is 5.82. The van der Waals surface area contributed by atoms with Crippen molar-refractivity contribution in [3.05, 3.63) is 90.3 Å². The van der Waals surface area contributed by atoms with Crippen LogP contribution in [0.1, 0.15) is 44.1 Å². The Balaban J connectivity index is 1.55. The van der Waals surface area contributed by atoms with Gasteiger partial charge in [-0.15, -0.1) is 0 Å². The van der Waals surface area contributed by atoms with E-state index in [2.05, 4.69) is 13.5 Å². The van der Waals surface area contributed by atoms with E-state index >= 15 is 0 Å². The van der Waals surface area contributed by atoms with Crippen LogP contribution >= 0.6 is 0 Å². The van der Waals surface area contributed by atoms with E-state index in [4.69, 9.17) is 4.74 Å². The Bertz CT molecular complexity index is 1100. The van der Waals surface area contributed by atoms with Crippen molar-refractivity contribution in [2.24, 2.45) is 5.92 Å². The lowest BCUT2D eigenvalue weighted by Gasteiger charge is -2.26. The minimum atomic E-state index is -1.02. The van der Waals surface area contributed by atoms with E-state index < -0.39 is 11.6 Å². The van der Waals surface area contributed by atoms with Crippen molar-refractivity contribution in [2.75, 3.05) is 6.61 Å². The number of hydrogen-bond donors (Lipinski definition) is 0. The number of halogens is 3. The second-order valence-electron chi connectivity index (χ2n) is 8.61. The zero-order valence-electron chi connectivity index (χ0n) is 18.2. The summed E-state index contributed by atoms with van der Waals surface area (Å²) >= 11 is 0. The molecule has 0 bridgehead atoms. The molecule has 0 spiro atoms. The molecule has 1 saturated carbocycles. The molecule has 0 aliphatic heterocycles. The molecule has 0 radical (unpaired) electrons. The van der Waals surface area contributed by atoms with Crippen LogP contribution in [0.25, 0.3) is 22.3 Å². The molecule has 1 aliphatic rings. The van der Waals surface area contributed by atoms with Crippen molar-refractivity contribution in [3.8, 4) is 28.0 Å². The maximum absolute atomic E-state index is 14.9. The standard InChI is InChI=1S/C28H27F3O/c1-3-16-32-26-15-14-24(27(30)28(26)31)21-10-8-19(9-11-21)22-12-13-23(25(29)17-22)20-6-4-18(2)5-7-20/h3,8-15,17-18,20H,1,4-7,16H2,2H3. The molecular formula is C28H27F3O. The lowest BCUT2D eigenvalue weighted by Crippen LogP contribution is -2.12. The fourth-order valence-corrected chi connectivity index (χ4v) is 4.47. The number of hydrogen-bond acceptors (Lipinski definition) is 1. The van der Waals surface area contributed by atoms with Crippen LogP contribution in [0.5, 0.6) is 5.75 Å². The van der Waals surface area contributed by atoms with Crippen LogP contribution in [0.3, 0.4) is 0 Å². The summed E-state index contributed by atoms with van der Waals surface area (Å²) in [5.74, 6) is -1.29. The van der Waals surface area contributed by atoms with Crippen molar-refractivity contribution in [2.45, 2.75) is 38.5 Å². The van der Waals surface area contributed by atoms with Gasteiger partial charge in [0.1, 0.15) is 12.4 Å². The van der Waals surface area contributed by atoms with Gasteiger partial charge in [-0.3, -0.25) is 0 Å². The van der Waals surface area contributed by atoms with Crippen LogP contribution < -0.4 is 4.74 Å². The summed E-state index contributed by atoms with van der Waals surface area (Å²) in [5.41, 5.74) is 3.07. The second-order valence-corrected chi connectivity index (χ2v) is 8.61. The summed E-state index contributed by atoms with van der Waals surface area (Å²) in [5, 5.41) is 0. The van der Waals surface area contributed by atoms with E-state index in [-0.39, 0.29) is 23.7 Å². The fourth-order valence-electron chi connectivity index (χ4n) is 4.47. The molecule has 1 nitrogen and oxygen atoms in total. The molecule has 1 aliphatic carbocycles. The van der Waals surface area contributed by atoms with Gasteiger partial charge in [0.25, 0.3) is 0 Å². The van der Waals surface area contributed by atoms with Crippen LogP contribution in [0.15, 0.2) is 67.3 Å². The van der Waals surface area contributed by atoms with Gasteiger partial charge in [0, 0.05) is 5.56 Å². The summed E-state index contributed by atoms with van der Waals surface area (Å²) in [6.45, 7) is 5.85. The first-order valence-electron chi connectivity index (χ1n) is 11.1. The van der Waals surface area contributed by atoms with Crippen LogP contribution in [0, 0.1) is 23.4 Å². The zero-order valence-corrected chi connectivity index (χ0v) is 18.2. The van der Waals surface area contributed by atoms with E-state index in [1.807, 2.05) is 12.1 Å². The maximum atomic E-state index is 14.9. The zero-order chi connectivity index (χ0) is 22.7. The van der Waals surface area contributed by atoms with Gasteiger partial charge in [-0.05, 0) is 65.1 Å². The molecule has 4 heteroatoms. The molecule has 3 aromatic carbocycles. The molecular weight excluding hydrogens is 409 g/mol. The highest BCUT2D eigenvalue weighted by Crippen LogP contribution is 2.38. The van der Waals surface area contributed by atoms with Gasteiger partial charge >= 0.3 is 0 Å². The fraction of sp³-hybridized carbons (Fsp3) is 0.286. The van der Waals surface area contributed by atoms with Crippen LogP contribution in [-0.4, -0.2) is 6.61 Å². The van der Waals surface area contributed by atoms with Crippen LogP contribution in [0.4, 0.5) is 13.2 Å². The summed E-state index contributed by atoms with van der Waals surface area (Å²) in [4.78, 5) is 0. The van der Waals surface area contributed by atoms with Crippen molar-refractivity contribution >= 4 is 0 Å². The highest BCUT2D eigenvalue weighted by atomic mass is 19.2. The summed E-state index contributed by atoms with van der Waals surface area (Å²) in [6, 6.07) is 15.3. The number of rotatable bonds is 6. The lowest BCUT2D eigenvalue weighted by molar-refractivity contribution is 0.333. The van der Waals surface area contributed by atoms with Gasteiger partial charge in [-0.1, -0.05) is 68.8 Å². The first-order chi connectivity index (χ1) is 15.5. The average molecular weight is 437 g/mol. The van der Waals surface area contributed by atoms with Gasteiger partial charge in [-0.2, -0.15) is 4.39 Å². The van der Waals surface area contributed by atoms with Crippen molar-refractivity contribution < 1.29 is 17.9 Å². The van der Waals surface area contributed by atoms with E-state index in [0.29, 0.717) is 11.5 Å². The third-order valence-corrected chi connectivity index (χ3v) is 6.39. The third-order valence-electron chi connectivity index (χ3n) is 6.39. The highest BCUT2D eigenvalue weighted by Gasteiger charge is 2.22. The molecule has 166 valence electrons. The van der Waals surface area contributed by atoms with Gasteiger partial charge in [0.2, 0.25) is 5.82 Å². The predicted octanol–water partition coefficient (Wildman–Crippen LogP) is 8.30. The van der Waals surface area contributed by atoms with Crippen LogP contribution in [0.2, 0.25) is 0 Å². The first kappa shape index (κ1) is 22.2. The third kappa shape index (κ3) is 4.59. The Labute approximate surface area is 187 Å². The average Bonchev–Trinajstić information content (AvgIpc) is 2.81. The normalized spacial score (nSPS) is 18.4. The van der Waals surface area contributed by atoms with E-state index in [1.54, 1.807) is 30.3 Å². The molecule has 0 amide bonds. The second kappa shape index (κ2) is 9.64. The molecule has 32 heavy (non-hydrogen) atoms. The molecule has 1 fully saturated rings. The smallest absolute Gasteiger partial charge is 0.201 e. The van der Waals surface area contributed by atoms with Gasteiger partial charge in [-0.25, -0.2) is 8.78 Å². The SMILES string of the molecule is C=CCOc1ccc(-c2ccc(-c3ccc(C4CCC(C)CC4)c(F)c3)cc2)c(F)c1F. The Kier molecular flexibility index (Phi) is 6.69. The van der Waals surface area contributed by atoms with E-state index in [9.17, 15) is 13.2 Å². The van der Waals surface area contributed by atoms with Crippen molar-refractivity contribution in [1.82, 2.24) is 0 Å². The minimum absolute atomic E-state index is 0.0968.